The first-order valence-electron chi connectivity index (χ1n) is 5.87. The number of carbonyl (C=O) groups is 1. The Kier molecular flexibility index (Phi) is 5.65. The van der Waals surface area contributed by atoms with Gasteiger partial charge in [-0.25, -0.2) is 0 Å². The van der Waals surface area contributed by atoms with Crippen LogP contribution in [0, 0.1) is 5.92 Å². The molecule has 0 aromatic carbocycles. The lowest BCUT2D eigenvalue weighted by Gasteiger charge is -2.26. The van der Waals surface area contributed by atoms with Crippen LogP contribution in [0.4, 0.5) is 0 Å². The van der Waals surface area contributed by atoms with E-state index >= 15 is 0 Å². The Morgan fingerprint density at radius 1 is 1.47 bits per heavy atom. The molecular weight excluding hydrogens is 192 g/mol. The Hall–Kier alpha value is -0.610. The molecule has 0 aromatic rings. The number of hydrogen-bond acceptors (Lipinski definition) is 3. The van der Waals surface area contributed by atoms with Gasteiger partial charge in [-0.3, -0.25) is 4.79 Å². The molecule has 0 atom stereocenters. The molecule has 0 radical (unpaired) electrons. The summed E-state index contributed by atoms with van der Waals surface area (Å²) in [7, 11) is 0. The zero-order chi connectivity index (χ0) is 11.1. The number of carbonyl (C=O) groups excluding carboxylic acids is 1. The monoisotopic (exact) mass is 214 g/mol. The van der Waals surface area contributed by atoms with Gasteiger partial charge in [-0.15, -0.1) is 0 Å². The zero-order valence-electron chi connectivity index (χ0n) is 9.54. The summed E-state index contributed by atoms with van der Waals surface area (Å²) in [6, 6.07) is 0. The SMILES string of the molecule is CCN(CCO)C(=O)CC1CCNCC1. The lowest BCUT2D eigenvalue weighted by atomic mass is 9.94. The molecule has 4 nitrogen and oxygen atoms in total. The van der Waals surface area contributed by atoms with Crippen LogP contribution in [-0.2, 0) is 4.79 Å². The number of nitrogens with one attached hydrogen (secondary N) is 1. The van der Waals surface area contributed by atoms with E-state index in [4.69, 9.17) is 5.11 Å². The summed E-state index contributed by atoms with van der Waals surface area (Å²) in [5, 5.41) is 12.1. The Labute approximate surface area is 91.6 Å². The fraction of sp³-hybridized carbons (Fsp3) is 0.909. The Balaban J connectivity index is 2.31. The molecule has 0 spiro atoms. The number of piperidine rings is 1. The van der Waals surface area contributed by atoms with Crippen molar-refractivity contribution in [3.8, 4) is 0 Å². The number of aliphatic hydroxyl groups excluding tert-OH is 1. The molecule has 1 fully saturated rings. The molecule has 1 saturated heterocycles. The average molecular weight is 214 g/mol. The van der Waals surface area contributed by atoms with Crippen LogP contribution in [0.1, 0.15) is 26.2 Å². The Bertz CT molecular complexity index is 191. The van der Waals surface area contributed by atoms with Gasteiger partial charge in [0.25, 0.3) is 0 Å². The number of rotatable bonds is 5. The summed E-state index contributed by atoms with van der Waals surface area (Å²) >= 11 is 0. The van der Waals surface area contributed by atoms with Crippen LogP contribution < -0.4 is 5.32 Å². The van der Waals surface area contributed by atoms with Crippen molar-refractivity contribution in [1.82, 2.24) is 10.2 Å². The molecule has 0 bridgehead atoms. The van der Waals surface area contributed by atoms with E-state index in [0.29, 0.717) is 25.4 Å². The van der Waals surface area contributed by atoms with Gasteiger partial charge in [0.15, 0.2) is 0 Å². The largest absolute Gasteiger partial charge is 0.395 e. The van der Waals surface area contributed by atoms with Crippen LogP contribution in [0.25, 0.3) is 0 Å². The van der Waals surface area contributed by atoms with Crippen molar-refractivity contribution in [3.63, 3.8) is 0 Å². The highest BCUT2D eigenvalue weighted by atomic mass is 16.3. The highest BCUT2D eigenvalue weighted by Gasteiger charge is 2.19. The summed E-state index contributed by atoms with van der Waals surface area (Å²) in [5.74, 6) is 0.727. The maximum Gasteiger partial charge on any atom is 0.222 e. The van der Waals surface area contributed by atoms with Crippen LogP contribution >= 0.6 is 0 Å². The molecule has 4 heteroatoms. The third-order valence-corrected chi connectivity index (χ3v) is 3.03. The number of amides is 1. The second-order valence-corrected chi connectivity index (χ2v) is 4.09. The average Bonchev–Trinajstić information content (AvgIpc) is 2.27. The van der Waals surface area contributed by atoms with E-state index in [1.807, 2.05) is 6.92 Å². The smallest absolute Gasteiger partial charge is 0.222 e. The van der Waals surface area contributed by atoms with Crippen LogP contribution in [-0.4, -0.2) is 48.7 Å². The van der Waals surface area contributed by atoms with Gasteiger partial charge in [0.2, 0.25) is 5.91 Å². The van der Waals surface area contributed by atoms with Crippen LogP contribution in [0.15, 0.2) is 0 Å². The van der Waals surface area contributed by atoms with Gasteiger partial charge in [-0.2, -0.15) is 0 Å². The molecule has 0 aromatic heterocycles. The summed E-state index contributed by atoms with van der Waals surface area (Å²) in [6.07, 6.45) is 2.85. The first kappa shape index (κ1) is 12.5. The van der Waals surface area contributed by atoms with Gasteiger partial charge in [-0.1, -0.05) is 0 Å². The lowest BCUT2D eigenvalue weighted by molar-refractivity contribution is -0.132. The van der Waals surface area contributed by atoms with Gasteiger partial charge >= 0.3 is 0 Å². The summed E-state index contributed by atoms with van der Waals surface area (Å²) in [5.41, 5.74) is 0. The molecule has 1 amide bonds. The number of aliphatic hydroxyl groups is 1. The van der Waals surface area contributed by atoms with Crippen molar-refractivity contribution < 1.29 is 9.90 Å². The second-order valence-electron chi connectivity index (χ2n) is 4.09. The molecule has 1 aliphatic rings. The van der Waals surface area contributed by atoms with Crippen molar-refractivity contribution in [3.05, 3.63) is 0 Å². The molecule has 2 N–H and O–H groups in total. The molecule has 1 aliphatic heterocycles. The predicted octanol–water partition coefficient (Wildman–Crippen LogP) is 0.217. The van der Waals surface area contributed by atoms with Crippen molar-refractivity contribution >= 4 is 5.91 Å². The molecule has 0 unspecified atom stereocenters. The van der Waals surface area contributed by atoms with Gasteiger partial charge in [0, 0.05) is 19.5 Å². The maximum atomic E-state index is 11.8. The van der Waals surface area contributed by atoms with Crippen LogP contribution in [0.2, 0.25) is 0 Å². The van der Waals surface area contributed by atoms with E-state index in [-0.39, 0.29) is 12.5 Å². The fourth-order valence-corrected chi connectivity index (χ4v) is 2.04. The van der Waals surface area contributed by atoms with E-state index in [1.54, 1.807) is 4.90 Å². The summed E-state index contributed by atoms with van der Waals surface area (Å²) < 4.78 is 0. The third kappa shape index (κ3) is 4.18. The molecular formula is C11H22N2O2. The van der Waals surface area contributed by atoms with Crippen molar-refractivity contribution in [2.24, 2.45) is 5.92 Å². The Morgan fingerprint density at radius 2 is 2.13 bits per heavy atom. The Morgan fingerprint density at radius 3 is 2.67 bits per heavy atom. The van der Waals surface area contributed by atoms with Gasteiger partial charge in [0.05, 0.1) is 6.61 Å². The van der Waals surface area contributed by atoms with Gasteiger partial charge < -0.3 is 15.3 Å². The lowest BCUT2D eigenvalue weighted by Crippen LogP contribution is -2.36. The first-order chi connectivity index (χ1) is 7.27. The first-order valence-corrected chi connectivity index (χ1v) is 5.87. The zero-order valence-corrected chi connectivity index (χ0v) is 9.54. The molecule has 1 rings (SSSR count). The molecule has 88 valence electrons. The number of hydrogen-bond donors (Lipinski definition) is 2. The predicted molar refractivity (Wildman–Crippen MR) is 59.6 cm³/mol. The quantitative estimate of drug-likeness (QED) is 0.688. The van der Waals surface area contributed by atoms with Crippen molar-refractivity contribution in [2.45, 2.75) is 26.2 Å². The minimum atomic E-state index is 0.0613. The minimum Gasteiger partial charge on any atom is -0.395 e. The number of likely N-dealkylation sites (N-methyl/N-ethyl adjacent to an activating group) is 1. The maximum absolute atomic E-state index is 11.8. The van der Waals surface area contributed by atoms with Crippen molar-refractivity contribution in [2.75, 3.05) is 32.8 Å². The second kappa shape index (κ2) is 6.80. The fourth-order valence-electron chi connectivity index (χ4n) is 2.04. The number of nitrogens with zero attached hydrogens (tertiary/aromatic N) is 1. The summed E-state index contributed by atoms with van der Waals surface area (Å²) in [6.45, 7) is 5.25. The third-order valence-electron chi connectivity index (χ3n) is 3.03. The van der Waals surface area contributed by atoms with Crippen LogP contribution in [0.3, 0.4) is 0 Å². The van der Waals surface area contributed by atoms with Gasteiger partial charge in [-0.05, 0) is 38.8 Å². The highest BCUT2D eigenvalue weighted by molar-refractivity contribution is 5.76. The van der Waals surface area contributed by atoms with Crippen molar-refractivity contribution in [1.29, 1.82) is 0 Å². The van der Waals surface area contributed by atoms with Crippen LogP contribution in [0.5, 0.6) is 0 Å². The molecule has 15 heavy (non-hydrogen) atoms. The van der Waals surface area contributed by atoms with Gasteiger partial charge in [0.1, 0.15) is 0 Å². The molecule has 1 heterocycles. The standard InChI is InChI=1S/C11H22N2O2/c1-2-13(7-8-14)11(15)9-10-3-5-12-6-4-10/h10,12,14H,2-9H2,1H3. The summed E-state index contributed by atoms with van der Waals surface area (Å²) in [4.78, 5) is 13.6. The van der Waals surface area contributed by atoms with E-state index in [0.717, 1.165) is 25.9 Å². The van der Waals surface area contributed by atoms with E-state index < -0.39 is 0 Å². The van der Waals surface area contributed by atoms with E-state index in [9.17, 15) is 4.79 Å². The minimum absolute atomic E-state index is 0.0613. The molecule has 0 aliphatic carbocycles. The normalized spacial score (nSPS) is 17.7. The highest BCUT2D eigenvalue weighted by Crippen LogP contribution is 2.16. The molecule has 0 saturated carbocycles. The topological polar surface area (TPSA) is 52.6 Å². The van der Waals surface area contributed by atoms with E-state index in [1.165, 1.54) is 0 Å². The van der Waals surface area contributed by atoms with E-state index in [2.05, 4.69) is 5.32 Å².